The van der Waals surface area contributed by atoms with E-state index >= 15 is 0 Å². The van der Waals surface area contributed by atoms with Crippen molar-refractivity contribution in [1.82, 2.24) is 4.90 Å². The number of hydrogen-bond acceptors (Lipinski definition) is 4. The average Bonchev–Trinajstić information content (AvgIpc) is 3.39. The second kappa shape index (κ2) is 11.4. The maximum absolute atomic E-state index is 13.1. The SMILES string of the molecule is COc1cc(-c2ccc(NC(=O)C3CCCN3C(=O)Nc3ccc(C(C)C)c(C)c3)cc2)ccc1C(=O)O. The summed E-state index contributed by atoms with van der Waals surface area (Å²) in [5.74, 6) is -0.608. The van der Waals surface area contributed by atoms with E-state index in [0.29, 0.717) is 30.3 Å². The molecule has 8 heteroatoms. The summed E-state index contributed by atoms with van der Waals surface area (Å²) in [6.45, 7) is 6.82. The van der Waals surface area contributed by atoms with Crippen molar-refractivity contribution in [3.05, 3.63) is 77.4 Å². The number of methoxy groups -OCH3 is 1. The number of nitrogens with zero attached hydrogens (tertiary/aromatic N) is 1. The zero-order valence-electron chi connectivity index (χ0n) is 22.1. The summed E-state index contributed by atoms with van der Waals surface area (Å²) in [6.07, 6.45) is 1.35. The van der Waals surface area contributed by atoms with Crippen LogP contribution in [0.4, 0.5) is 16.2 Å². The molecule has 0 saturated carbocycles. The Morgan fingerprint density at radius 3 is 2.26 bits per heavy atom. The van der Waals surface area contributed by atoms with E-state index in [9.17, 15) is 19.5 Å². The maximum Gasteiger partial charge on any atom is 0.339 e. The van der Waals surface area contributed by atoms with Gasteiger partial charge >= 0.3 is 12.0 Å². The van der Waals surface area contributed by atoms with Crippen molar-refractivity contribution < 1.29 is 24.2 Å². The molecule has 8 nitrogen and oxygen atoms in total. The predicted octanol–water partition coefficient (Wildman–Crippen LogP) is 6.13. The lowest BCUT2D eigenvalue weighted by molar-refractivity contribution is -0.119. The first-order chi connectivity index (χ1) is 18.2. The molecule has 198 valence electrons. The summed E-state index contributed by atoms with van der Waals surface area (Å²) in [5.41, 5.74) is 5.41. The number of carboxylic acid groups (broad SMARTS) is 1. The summed E-state index contributed by atoms with van der Waals surface area (Å²) >= 11 is 0. The molecule has 3 aromatic carbocycles. The number of carbonyl (C=O) groups is 3. The highest BCUT2D eigenvalue weighted by Crippen LogP contribution is 2.29. The molecule has 1 aliphatic rings. The minimum atomic E-state index is -1.06. The molecule has 0 spiro atoms. The Kier molecular flexibility index (Phi) is 8.00. The van der Waals surface area contributed by atoms with Crippen LogP contribution in [0.25, 0.3) is 11.1 Å². The highest BCUT2D eigenvalue weighted by Gasteiger charge is 2.34. The number of likely N-dealkylation sites (tertiary alicyclic amines) is 1. The third-order valence-corrected chi connectivity index (χ3v) is 6.88. The predicted molar refractivity (Wildman–Crippen MR) is 148 cm³/mol. The van der Waals surface area contributed by atoms with Gasteiger partial charge in [0.1, 0.15) is 17.4 Å². The van der Waals surface area contributed by atoms with Gasteiger partial charge in [0, 0.05) is 17.9 Å². The molecule has 3 N–H and O–H groups in total. The van der Waals surface area contributed by atoms with E-state index in [1.165, 1.54) is 18.7 Å². The number of amides is 3. The quantitative estimate of drug-likeness (QED) is 0.351. The van der Waals surface area contributed by atoms with E-state index in [1.807, 2.05) is 37.3 Å². The van der Waals surface area contributed by atoms with Crippen LogP contribution in [0.3, 0.4) is 0 Å². The Morgan fingerprint density at radius 1 is 0.947 bits per heavy atom. The number of rotatable bonds is 7. The average molecular weight is 516 g/mol. The number of anilines is 2. The van der Waals surface area contributed by atoms with Crippen LogP contribution in [0.15, 0.2) is 60.7 Å². The molecule has 38 heavy (non-hydrogen) atoms. The zero-order valence-corrected chi connectivity index (χ0v) is 22.1. The Bertz CT molecular complexity index is 1350. The van der Waals surface area contributed by atoms with Crippen molar-refractivity contribution in [2.45, 2.75) is 45.6 Å². The van der Waals surface area contributed by atoms with Crippen LogP contribution in [0.2, 0.25) is 0 Å². The second-order valence-corrected chi connectivity index (χ2v) is 9.79. The molecule has 1 saturated heterocycles. The van der Waals surface area contributed by atoms with Gasteiger partial charge in [-0.25, -0.2) is 9.59 Å². The molecule has 0 aliphatic carbocycles. The van der Waals surface area contributed by atoms with Crippen molar-refractivity contribution in [3.8, 4) is 16.9 Å². The van der Waals surface area contributed by atoms with Gasteiger partial charge in [-0.1, -0.05) is 38.1 Å². The van der Waals surface area contributed by atoms with E-state index in [1.54, 1.807) is 29.2 Å². The van der Waals surface area contributed by atoms with Crippen LogP contribution in [0, 0.1) is 6.92 Å². The molecule has 1 fully saturated rings. The first-order valence-corrected chi connectivity index (χ1v) is 12.7. The third kappa shape index (κ3) is 5.80. The molecule has 0 radical (unpaired) electrons. The fraction of sp³-hybridized carbons (Fsp3) is 0.300. The Balaban J connectivity index is 1.41. The van der Waals surface area contributed by atoms with Gasteiger partial charge < -0.3 is 25.4 Å². The van der Waals surface area contributed by atoms with Crippen molar-refractivity contribution in [2.75, 3.05) is 24.3 Å². The number of aromatic carboxylic acids is 1. The molecule has 3 amide bonds. The van der Waals surface area contributed by atoms with Gasteiger partial charge in [0.05, 0.1) is 7.11 Å². The third-order valence-electron chi connectivity index (χ3n) is 6.88. The minimum Gasteiger partial charge on any atom is -0.496 e. The first kappa shape index (κ1) is 26.7. The molecule has 4 rings (SSSR count). The molecular formula is C30H33N3O5. The van der Waals surface area contributed by atoms with Crippen molar-refractivity contribution in [2.24, 2.45) is 0 Å². The van der Waals surface area contributed by atoms with E-state index in [0.717, 1.165) is 23.1 Å². The molecular weight excluding hydrogens is 482 g/mol. The van der Waals surface area contributed by atoms with Gasteiger partial charge in [-0.2, -0.15) is 0 Å². The van der Waals surface area contributed by atoms with Gasteiger partial charge in [-0.15, -0.1) is 0 Å². The summed E-state index contributed by atoms with van der Waals surface area (Å²) < 4.78 is 5.21. The molecule has 1 unspecified atom stereocenters. The Labute approximate surface area is 222 Å². The zero-order chi connectivity index (χ0) is 27.4. The largest absolute Gasteiger partial charge is 0.496 e. The van der Waals surface area contributed by atoms with Gasteiger partial charge in [0.25, 0.3) is 0 Å². The standard InChI is InChI=1S/C30H33N3O5/c1-18(2)24-14-12-23(16-19(24)3)32-30(37)33-15-5-6-26(33)28(34)31-22-10-7-20(8-11-22)21-9-13-25(29(35)36)27(17-21)38-4/h7-14,16-18,26H,5-6,15H2,1-4H3,(H,31,34)(H,32,37)(H,35,36). The number of carbonyl (C=O) groups excluding carboxylic acids is 2. The molecule has 1 atom stereocenters. The lowest BCUT2D eigenvalue weighted by atomic mass is 9.98. The number of benzene rings is 3. The van der Waals surface area contributed by atoms with Crippen LogP contribution >= 0.6 is 0 Å². The fourth-order valence-electron chi connectivity index (χ4n) is 4.90. The number of carboxylic acids is 1. The maximum atomic E-state index is 13.1. The highest BCUT2D eigenvalue weighted by atomic mass is 16.5. The summed E-state index contributed by atoms with van der Waals surface area (Å²) in [5, 5.41) is 15.2. The van der Waals surface area contributed by atoms with Crippen molar-refractivity contribution >= 4 is 29.3 Å². The smallest absolute Gasteiger partial charge is 0.339 e. The Hall–Kier alpha value is -4.33. The van der Waals surface area contributed by atoms with Gasteiger partial charge in [0.2, 0.25) is 5.91 Å². The van der Waals surface area contributed by atoms with E-state index in [4.69, 9.17) is 4.74 Å². The lowest BCUT2D eigenvalue weighted by Gasteiger charge is -2.24. The van der Waals surface area contributed by atoms with Gasteiger partial charge in [-0.3, -0.25) is 4.79 Å². The normalized spacial score (nSPS) is 14.9. The fourth-order valence-corrected chi connectivity index (χ4v) is 4.90. The van der Waals surface area contributed by atoms with Gasteiger partial charge in [0.15, 0.2) is 0 Å². The van der Waals surface area contributed by atoms with Crippen molar-refractivity contribution in [3.63, 3.8) is 0 Å². The minimum absolute atomic E-state index is 0.0907. The van der Waals surface area contributed by atoms with Crippen LogP contribution in [0.5, 0.6) is 5.75 Å². The number of nitrogens with one attached hydrogen (secondary N) is 2. The molecule has 1 aliphatic heterocycles. The van der Waals surface area contributed by atoms with Crippen LogP contribution in [-0.2, 0) is 4.79 Å². The highest BCUT2D eigenvalue weighted by molar-refractivity contribution is 6.00. The topological polar surface area (TPSA) is 108 Å². The number of hydrogen-bond donors (Lipinski definition) is 3. The summed E-state index contributed by atoms with van der Waals surface area (Å²) in [7, 11) is 1.43. The van der Waals surface area contributed by atoms with E-state index in [-0.39, 0.29) is 23.3 Å². The van der Waals surface area contributed by atoms with Crippen LogP contribution in [0.1, 0.15) is 54.1 Å². The van der Waals surface area contributed by atoms with Crippen LogP contribution in [-0.4, -0.2) is 47.6 Å². The summed E-state index contributed by atoms with van der Waals surface area (Å²) in [6, 6.07) is 17.2. The van der Waals surface area contributed by atoms with E-state index in [2.05, 4.69) is 24.5 Å². The molecule has 1 heterocycles. The van der Waals surface area contributed by atoms with Crippen LogP contribution < -0.4 is 15.4 Å². The lowest BCUT2D eigenvalue weighted by Crippen LogP contribution is -2.45. The van der Waals surface area contributed by atoms with Gasteiger partial charge in [-0.05, 0) is 84.3 Å². The molecule has 0 aromatic heterocycles. The number of urea groups is 1. The van der Waals surface area contributed by atoms with Crippen molar-refractivity contribution in [1.29, 1.82) is 0 Å². The number of aryl methyl sites for hydroxylation is 1. The first-order valence-electron chi connectivity index (χ1n) is 12.7. The summed E-state index contributed by atoms with van der Waals surface area (Å²) in [4.78, 5) is 39.0. The molecule has 3 aromatic rings. The number of ether oxygens (including phenoxy) is 1. The monoisotopic (exact) mass is 515 g/mol. The molecule has 0 bridgehead atoms. The second-order valence-electron chi connectivity index (χ2n) is 9.79. The Morgan fingerprint density at radius 2 is 1.63 bits per heavy atom. The van der Waals surface area contributed by atoms with E-state index < -0.39 is 12.0 Å².